The molecule has 0 spiro atoms. The fourth-order valence-electron chi connectivity index (χ4n) is 1.61. The summed E-state index contributed by atoms with van der Waals surface area (Å²) in [5.74, 6) is 2.07. The van der Waals surface area contributed by atoms with E-state index in [1.165, 1.54) is 0 Å². The van der Waals surface area contributed by atoms with Gasteiger partial charge in [-0.1, -0.05) is 41.7 Å². The van der Waals surface area contributed by atoms with Crippen molar-refractivity contribution in [3.05, 3.63) is 50.9 Å². The number of rotatable bonds is 6. The Kier molecular flexibility index (Phi) is 5.61. The van der Waals surface area contributed by atoms with Crippen molar-refractivity contribution in [3.8, 4) is 5.75 Å². The Balaban J connectivity index is 1.98. The molecule has 0 unspecified atom stereocenters. The zero-order valence-corrected chi connectivity index (χ0v) is 13.1. The van der Waals surface area contributed by atoms with Crippen LogP contribution in [0.3, 0.4) is 0 Å². The molecule has 1 N–H and O–H groups in total. The molecule has 1 aromatic heterocycles. The van der Waals surface area contributed by atoms with E-state index in [4.69, 9.17) is 44.0 Å². The van der Waals surface area contributed by atoms with Gasteiger partial charge in [-0.2, -0.15) is 0 Å². The van der Waals surface area contributed by atoms with E-state index >= 15 is 0 Å². The normalized spacial score (nSPS) is 10.8. The molecule has 0 aliphatic heterocycles. The second-order valence-electron chi connectivity index (χ2n) is 4.13. The molecule has 0 bridgehead atoms. The summed E-state index contributed by atoms with van der Waals surface area (Å²) in [5.41, 5.74) is 0. The van der Waals surface area contributed by atoms with Gasteiger partial charge in [0.1, 0.15) is 23.9 Å². The molecule has 2 rings (SSSR count). The molecule has 20 heavy (non-hydrogen) atoms. The fourth-order valence-corrected chi connectivity index (χ4v) is 2.20. The monoisotopic (exact) mass is 333 g/mol. The van der Waals surface area contributed by atoms with E-state index in [0.717, 1.165) is 18.1 Å². The van der Waals surface area contributed by atoms with Crippen LogP contribution in [0.1, 0.15) is 18.4 Å². The number of halogens is 3. The highest BCUT2D eigenvalue weighted by atomic mass is 35.5. The minimum Gasteiger partial charge on any atom is -0.484 e. The van der Waals surface area contributed by atoms with Gasteiger partial charge in [0.2, 0.25) is 0 Å². The summed E-state index contributed by atoms with van der Waals surface area (Å²) in [6.45, 7) is 3.92. The molecular formula is C14H14Cl3NO2. The van der Waals surface area contributed by atoms with Crippen LogP contribution in [0.2, 0.25) is 15.1 Å². The molecule has 0 radical (unpaired) electrons. The quantitative estimate of drug-likeness (QED) is 0.761. The average Bonchev–Trinajstić information content (AvgIpc) is 2.87. The largest absolute Gasteiger partial charge is 0.484 e. The highest BCUT2D eigenvalue weighted by Gasteiger charge is 2.09. The number of benzene rings is 1. The van der Waals surface area contributed by atoms with Gasteiger partial charge in [-0.05, 0) is 24.7 Å². The lowest BCUT2D eigenvalue weighted by Gasteiger charge is -2.08. The van der Waals surface area contributed by atoms with Crippen molar-refractivity contribution < 1.29 is 9.15 Å². The first-order valence-corrected chi connectivity index (χ1v) is 7.29. The molecule has 2 aromatic rings. The van der Waals surface area contributed by atoms with Crippen LogP contribution in [0.4, 0.5) is 0 Å². The SMILES string of the molecule is CCNCc1ccc(COc2cc(Cl)c(Cl)cc2Cl)o1. The Morgan fingerprint density at radius 1 is 1.05 bits per heavy atom. The Morgan fingerprint density at radius 2 is 1.75 bits per heavy atom. The standard InChI is InChI=1S/C14H14Cl3NO2/c1-2-18-7-9-3-4-10(20-9)8-19-14-6-12(16)11(15)5-13(14)17/h3-6,18H,2,7-8H2,1H3. The summed E-state index contributed by atoms with van der Waals surface area (Å²) in [4.78, 5) is 0. The predicted octanol–water partition coefficient (Wildman–Crippen LogP) is 4.93. The Bertz CT molecular complexity index is 584. The molecule has 108 valence electrons. The van der Waals surface area contributed by atoms with E-state index < -0.39 is 0 Å². The molecule has 0 aliphatic carbocycles. The molecular weight excluding hydrogens is 321 g/mol. The maximum atomic E-state index is 6.03. The van der Waals surface area contributed by atoms with Gasteiger partial charge < -0.3 is 14.5 Å². The number of nitrogens with one attached hydrogen (secondary N) is 1. The minimum absolute atomic E-state index is 0.282. The second kappa shape index (κ2) is 7.23. The van der Waals surface area contributed by atoms with Crippen LogP contribution in [0.5, 0.6) is 5.75 Å². The molecule has 0 saturated heterocycles. The van der Waals surface area contributed by atoms with Crippen LogP contribution in [-0.2, 0) is 13.2 Å². The highest BCUT2D eigenvalue weighted by Crippen LogP contribution is 2.34. The van der Waals surface area contributed by atoms with Crippen LogP contribution in [-0.4, -0.2) is 6.54 Å². The van der Waals surface area contributed by atoms with E-state index in [2.05, 4.69) is 5.32 Å². The van der Waals surface area contributed by atoms with E-state index in [-0.39, 0.29) is 6.61 Å². The second-order valence-corrected chi connectivity index (χ2v) is 5.36. The van der Waals surface area contributed by atoms with Gasteiger partial charge in [0, 0.05) is 6.07 Å². The van der Waals surface area contributed by atoms with Crippen molar-refractivity contribution >= 4 is 34.8 Å². The van der Waals surface area contributed by atoms with E-state index in [1.54, 1.807) is 12.1 Å². The van der Waals surface area contributed by atoms with Crippen LogP contribution in [0, 0.1) is 0 Å². The Labute approximate surface area is 132 Å². The molecule has 0 atom stereocenters. The number of hydrogen-bond donors (Lipinski definition) is 1. The Hall–Kier alpha value is -0.870. The summed E-state index contributed by atoms with van der Waals surface area (Å²) >= 11 is 17.8. The number of hydrogen-bond acceptors (Lipinski definition) is 3. The zero-order valence-electron chi connectivity index (χ0n) is 10.9. The number of ether oxygens (including phenoxy) is 1. The Morgan fingerprint density at radius 3 is 2.50 bits per heavy atom. The van der Waals surface area contributed by atoms with Crippen molar-refractivity contribution in [2.24, 2.45) is 0 Å². The zero-order chi connectivity index (χ0) is 14.5. The first-order valence-electron chi connectivity index (χ1n) is 6.15. The number of furan rings is 1. The maximum Gasteiger partial charge on any atom is 0.146 e. The summed E-state index contributed by atoms with van der Waals surface area (Å²) in [6.07, 6.45) is 0. The van der Waals surface area contributed by atoms with Crippen LogP contribution in [0.25, 0.3) is 0 Å². The molecule has 1 aromatic carbocycles. The third-order valence-corrected chi connectivity index (χ3v) is 3.63. The molecule has 0 fully saturated rings. The summed E-state index contributed by atoms with van der Waals surface area (Å²) in [6, 6.07) is 6.93. The van der Waals surface area contributed by atoms with Crippen molar-refractivity contribution in [1.82, 2.24) is 5.32 Å². The van der Waals surface area contributed by atoms with Crippen LogP contribution in [0.15, 0.2) is 28.7 Å². The molecule has 3 nitrogen and oxygen atoms in total. The average molecular weight is 335 g/mol. The minimum atomic E-state index is 0.282. The lowest BCUT2D eigenvalue weighted by atomic mass is 10.3. The van der Waals surface area contributed by atoms with Crippen molar-refractivity contribution in [1.29, 1.82) is 0 Å². The van der Waals surface area contributed by atoms with Crippen molar-refractivity contribution in [2.75, 3.05) is 6.54 Å². The summed E-state index contributed by atoms with van der Waals surface area (Å²) in [5, 5.41) is 4.40. The summed E-state index contributed by atoms with van der Waals surface area (Å²) < 4.78 is 11.2. The lowest BCUT2D eigenvalue weighted by molar-refractivity contribution is 0.265. The third-order valence-electron chi connectivity index (χ3n) is 2.61. The smallest absolute Gasteiger partial charge is 0.146 e. The maximum absolute atomic E-state index is 6.03. The van der Waals surface area contributed by atoms with Gasteiger partial charge in [-0.15, -0.1) is 0 Å². The molecule has 1 heterocycles. The third kappa shape index (κ3) is 4.06. The van der Waals surface area contributed by atoms with Gasteiger partial charge in [-0.25, -0.2) is 0 Å². The van der Waals surface area contributed by atoms with E-state index in [1.807, 2.05) is 19.1 Å². The first kappa shape index (κ1) is 15.5. The molecule has 0 saturated carbocycles. The lowest BCUT2D eigenvalue weighted by Crippen LogP contribution is -2.10. The highest BCUT2D eigenvalue weighted by molar-refractivity contribution is 6.43. The van der Waals surface area contributed by atoms with Gasteiger partial charge in [0.15, 0.2) is 0 Å². The van der Waals surface area contributed by atoms with E-state index in [0.29, 0.717) is 27.4 Å². The van der Waals surface area contributed by atoms with Crippen molar-refractivity contribution in [2.45, 2.75) is 20.1 Å². The molecule has 0 aliphatic rings. The van der Waals surface area contributed by atoms with Gasteiger partial charge in [0.25, 0.3) is 0 Å². The molecule has 6 heteroatoms. The van der Waals surface area contributed by atoms with E-state index in [9.17, 15) is 0 Å². The predicted molar refractivity (Wildman–Crippen MR) is 81.9 cm³/mol. The van der Waals surface area contributed by atoms with Gasteiger partial charge in [0.05, 0.1) is 21.6 Å². The van der Waals surface area contributed by atoms with Crippen LogP contribution < -0.4 is 10.1 Å². The van der Waals surface area contributed by atoms with Crippen LogP contribution >= 0.6 is 34.8 Å². The van der Waals surface area contributed by atoms with Gasteiger partial charge >= 0.3 is 0 Å². The topological polar surface area (TPSA) is 34.4 Å². The van der Waals surface area contributed by atoms with Gasteiger partial charge in [-0.3, -0.25) is 0 Å². The van der Waals surface area contributed by atoms with Crippen molar-refractivity contribution in [3.63, 3.8) is 0 Å². The summed E-state index contributed by atoms with van der Waals surface area (Å²) in [7, 11) is 0. The first-order chi connectivity index (χ1) is 9.60. The molecule has 0 amide bonds. The fraction of sp³-hybridized carbons (Fsp3) is 0.286.